The van der Waals surface area contributed by atoms with Gasteiger partial charge in [0.05, 0.1) is 17.9 Å². The molecule has 0 saturated heterocycles. The molecule has 0 spiro atoms. The Kier molecular flexibility index (Phi) is 9.26. The summed E-state index contributed by atoms with van der Waals surface area (Å²) in [5.74, 6) is 1.55. The van der Waals surface area contributed by atoms with Gasteiger partial charge in [0.25, 0.3) is 0 Å². The minimum atomic E-state index is -0.362. The highest BCUT2D eigenvalue weighted by Crippen LogP contribution is 2.38. The summed E-state index contributed by atoms with van der Waals surface area (Å²) in [4.78, 5) is 26.7. The number of benzene rings is 1. The van der Waals surface area contributed by atoms with E-state index in [1.165, 1.54) is 33.5 Å². The molecule has 2 heterocycles. The van der Waals surface area contributed by atoms with Gasteiger partial charge < -0.3 is 19.4 Å². The highest BCUT2D eigenvalue weighted by atomic mass is 32.2. The lowest BCUT2D eigenvalue weighted by molar-refractivity contribution is -0.113. The van der Waals surface area contributed by atoms with E-state index < -0.39 is 0 Å². The molecule has 1 aromatic carbocycles. The van der Waals surface area contributed by atoms with E-state index in [1.807, 2.05) is 23.6 Å². The molecule has 4 rings (SSSR count). The summed E-state index contributed by atoms with van der Waals surface area (Å²) in [7, 11) is 0. The van der Waals surface area contributed by atoms with Crippen molar-refractivity contribution in [3.05, 3.63) is 51.7 Å². The van der Waals surface area contributed by atoms with Gasteiger partial charge in [-0.3, -0.25) is 4.79 Å². The number of nitrogens with zero attached hydrogens (tertiary/aromatic N) is 3. The van der Waals surface area contributed by atoms with Gasteiger partial charge in [-0.1, -0.05) is 37.7 Å². The van der Waals surface area contributed by atoms with Gasteiger partial charge in [-0.25, -0.2) is 4.79 Å². The summed E-state index contributed by atoms with van der Waals surface area (Å²) >= 11 is 2.81. The number of carbonyl (C=O) groups is 2. The second kappa shape index (κ2) is 12.6. The number of nitrogens with one attached hydrogen (secondary N) is 1. The van der Waals surface area contributed by atoms with Crippen LogP contribution in [0.5, 0.6) is 5.75 Å². The minimum absolute atomic E-state index is 0.153. The minimum Gasteiger partial charge on any atom is -0.486 e. The van der Waals surface area contributed by atoms with Crippen molar-refractivity contribution in [2.45, 2.75) is 77.6 Å². The Labute approximate surface area is 226 Å². The fourth-order valence-electron chi connectivity index (χ4n) is 4.31. The first-order valence-corrected chi connectivity index (χ1v) is 14.6. The summed E-state index contributed by atoms with van der Waals surface area (Å²) in [6, 6.07) is 8.08. The predicted molar refractivity (Wildman–Crippen MR) is 147 cm³/mol. The van der Waals surface area contributed by atoms with Crippen LogP contribution < -0.4 is 10.1 Å². The maximum atomic E-state index is 12.9. The van der Waals surface area contributed by atoms with Gasteiger partial charge in [0.15, 0.2) is 11.0 Å². The number of esters is 1. The quantitative estimate of drug-likeness (QED) is 0.240. The van der Waals surface area contributed by atoms with Crippen molar-refractivity contribution >= 4 is 40.0 Å². The molecule has 0 bridgehead atoms. The van der Waals surface area contributed by atoms with E-state index in [4.69, 9.17) is 9.47 Å². The summed E-state index contributed by atoms with van der Waals surface area (Å²) in [5.41, 5.74) is 2.82. The number of fused-ring (bicyclic) bond motifs is 1. The highest BCUT2D eigenvalue weighted by molar-refractivity contribution is 7.99. The van der Waals surface area contributed by atoms with Crippen LogP contribution in [0, 0.1) is 0 Å². The Hall–Kier alpha value is -2.85. The predicted octanol–water partition coefficient (Wildman–Crippen LogP) is 5.85. The summed E-state index contributed by atoms with van der Waals surface area (Å²) < 4.78 is 13.2. The SMILES string of the molecule is CCOC(=O)c1c(NC(=O)CSc2nnc(COc3ccc(C(C)C)cc3)n2CC)sc2c1CCCC2. The Morgan fingerprint density at radius 3 is 2.59 bits per heavy atom. The number of thioether (sulfide) groups is 1. The van der Waals surface area contributed by atoms with Crippen LogP contribution in [0.1, 0.15) is 78.6 Å². The smallest absolute Gasteiger partial charge is 0.341 e. The third-order valence-corrected chi connectivity index (χ3v) is 8.43. The van der Waals surface area contributed by atoms with Crippen molar-refractivity contribution in [3.63, 3.8) is 0 Å². The number of amides is 1. The summed E-state index contributed by atoms with van der Waals surface area (Å²) in [6.07, 6.45) is 3.92. The van der Waals surface area contributed by atoms with E-state index in [9.17, 15) is 9.59 Å². The molecule has 37 heavy (non-hydrogen) atoms. The van der Waals surface area contributed by atoms with Crippen molar-refractivity contribution < 1.29 is 19.1 Å². The molecule has 0 radical (unpaired) electrons. The van der Waals surface area contributed by atoms with E-state index in [-0.39, 0.29) is 24.2 Å². The topological polar surface area (TPSA) is 95.3 Å². The number of rotatable bonds is 11. The molecule has 0 atom stereocenters. The number of aromatic nitrogens is 3. The average Bonchev–Trinajstić information content (AvgIpc) is 3.46. The molecular weight excluding hydrogens is 508 g/mol. The Morgan fingerprint density at radius 2 is 1.89 bits per heavy atom. The first-order valence-electron chi connectivity index (χ1n) is 12.8. The monoisotopic (exact) mass is 542 g/mol. The number of thiophene rings is 1. The van der Waals surface area contributed by atoms with E-state index in [0.717, 1.165) is 37.0 Å². The molecule has 0 fully saturated rings. The van der Waals surface area contributed by atoms with Crippen molar-refractivity contribution in [2.75, 3.05) is 17.7 Å². The Morgan fingerprint density at radius 1 is 1.14 bits per heavy atom. The highest BCUT2D eigenvalue weighted by Gasteiger charge is 2.27. The number of ether oxygens (including phenoxy) is 2. The van der Waals surface area contributed by atoms with Gasteiger partial charge >= 0.3 is 5.97 Å². The number of carbonyl (C=O) groups excluding carboxylic acids is 2. The van der Waals surface area contributed by atoms with Crippen LogP contribution in [0.25, 0.3) is 0 Å². The number of anilines is 1. The number of hydrogen-bond acceptors (Lipinski definition) is 8. The Bertz CT molecular complexity index is 1230. The molecule has 3 aromatic rings. The van der Waals surface area contributed by atoms with Crippen LogP contribution in [0.4, 0.5) is 5.00 Å². The zero-order chi connectivity index (χ0) is 26.4. The second-order valence-electron chi connectivity index (χ2n) is 9.13. The maximum absolute atomic E-state index is 12.9. The molecule has 0 saturated carbocycles. The lowest BCUT2D eigenvalue weighted by Gasteiger charge is -2.12. The average molecular weight is 543 g/mol. The molecule has 1 aliphatic rings. The summed E-state index contributed by atoms with van der Waals surface area (Å²) in [5, 5.41) is 12.8. The first kappa shape index (κ1) is 27.2. The zero-order valence-corrected chi connectivity index (χ0v) is 23.5. The van der Waals surface area contributed by atoms with E-state index in [2.05, 4.69) is 41.5 Å². The third kappa shape index (κ3) is 6.54. The summed E-state index contributed by atoms with van der Waals surface area (Å²) in [6.45, 7) is 9.37. The van der Waals surface area contributed by atoms with Crippen LogP contribution in [0.15, 0.2) is 29.4 Å². The van der Waals surface area contributed by atoms with Crippen LogP contribution >= 0.6 is 23.1 Å². The lowest BCUT2D eigenvalue weighted by atomic mass is 9.95. The molecule has 1 aliphatic carbocycles. The zero-order valence-electron chi connectivity index (χ0n) is 21.8. The molecule has 2 aromatic heterocycles. The molecule has 0 unspecified atom stereocenters. The van der Waals surface area contributed by atoms with Gasteiger partial charge in [-0.05, 0) is 68.7 Å². The van der Waals surface area contributed by atoms with Gasteiger partial charge in [0, 0.05) is 11.4 Å². The molecule has 10 heteroatoms. The normalized spacial score (nSPS) is 12.9. The van der Waals surface area contributed by atoms with Crippen molar-refractivity contribution in [2.24, 2.45) is 0 Å². The fraction of sp³-hybridized carbons (Fsp3) is 0.481. The standard InChI is InChI=1S/C27H34N4O4S2/c1-5-31-22(15-35-19-13-11-18(12-14-19)17(3)4)29-30-27(31)36-16-23(32)28-25-24(26(33)34-6-2)20-9-7-8-10-21(20)37-25/h11-14,17H,5-10,15-16H2,1-4H3,(H,28,32). The Balaban J connectivity index is 1.38. The van der Waals surface area contributed by atoms with Crippen LogP contribution in [0.2, 0.25) is 0 Å². The number of aryl methyl sites for hydroxylation is 1. The molecule has 1 N–H and O–H groups in total. The number of hydrogen-bond donors (Lipinski definition) is 1. The molecule has 1 amide bonds. The van der Waals surface area contributed by atoms with Crippen molar-refractivity contribution in [3.8, 4) is 5.75 Å². The molecule has 198 valence electrons. The largest absolute Gasteiger partial charge is 0.486 e. The third-order valence-electron chi connectivity index (χ3n) is 6.26. The van der Waals surface area contributed by atoms with Gasteiger partial charge in [0.2, 0.25) is 5.91 Å². The van der Waals surface area contributed by atoms with E-state index >= 15 is 0 Å². The molecule has 0 aliphatic heterocycles. The fourth-order valence-corrected chi connectivity index (χ4v) is 6.43. The first-order chi connectivity index (χ1) is 17.9. The van der Waals surface area contributed by atoms with Crippen LogP contribution in [-0.4, -0.2) is 39.0 Å². The van der Waals surface area contributed by atoms with E-state index in [0.29, 0.717) is 40.6 Å². The molecule has 8 nitrogen and oxygen atoms in total. The van der Waals surface area contributed by atoms with Crippen LogP contribution in [0.3, 0.4) is 0 Å². The lowest BCUT2D eigenvalue weighted by Crippen LogP contribution is -2.17. The van der Waals surface area contributed by atoms with Gasteiger partial charge in [-0.2, -0.15) is 0 Å². The van der Waals surface area contributed by atoms with Gasteiger partial charge in [-0.15, -0.1) is 21.5 Å². The molecular formula is C27H34N4O4S2. The van der Waals surface area contributed by atoms with Gasteiger partial charge in [0.1, 0.15) is 17.4 Å². The van der Waals surface area contributed by atoms with Crippen molar-refractivity contribution in [1.82, 2.24) is 14.8 Å². The van der Waals surface area contributed by atoms with Crippen molar-refractivity contribution in [1.29, 1.82) is 0 Å². The second-order valence-corrected chi connectivity index (χ2v) is 11.2. The van der Waals surface area contributed by atoms with E-state index in [1.54, 1.807) is 6.92 Å². The maximum Gasteiger partial charge on any atom is 0.341 e. The van der Waals surface area contributed by atoms with Crippen LogP contribution in [-0.2, 0) is 35.5 Å².